The number of carboxylic acid groups (broad SMARTS) is 1. The molecule has 18 heavy (non-hydrogen) atoms. The zero-order valence-electron chi connectivity index (χ0n) is 9.74. The van der Waals surface area contributed by atoms with E-state index in [2.05, 4.69) is 4.98 Å². The molecule has 1 saturated heterocycles. The number of aliphatic hydroxyl groups is 1. The van der Waals surface area contributed by atoms with Crippen molar-refractivity contribution in [3.05, 3.63) is 29.6 Å². The molecule has 2 N–H and O–H groups in total. The second kappa shape index (κ2) is 5.14. The maximum Gasteiger partial charge on any atom is 0.338 e. The molecule has 1 fully saturated rings. The standard InChI is InChI=1S/C12H14N2O4/c15-8-2-1-5-14(7-8)11(16)9-3-4-13-6-10(9)12(17)18/h3-4,6,8,15H,1-2,5,7H2,(H,17,18). The molecule has 1 unspecified atom stereocenters. The summed E-state index contributed by atoms with van der Waals surface area (Å²) in [6.45, 7) is 0.789. The Bertz CT molecular complexity index is 475. The van der Waals surface area contributed by atoms with Gasteiger partial charge in [0, 0.05) is 25.5 Å². The number of carbonyl (C=O) groups is 2. The van der Waals surface area contributed by atoms with E-state index in [1.165, 1.54) is 17.2 Å². The average molecular weight is 250 g/mol. The maximum atomic E-state index is 12.2. The lowest BCUT2D eigenvalue weighted by Crippen LogP contribution is -2.42. The fourth-order valence-electron chi connectivity index (χ4n) is 2.06. The van der Waals surface area contributed by atoms with Gasteiger partial charge in [-0.3, -0.25) is 9.78 Å². The molecule has 1 amide bonds. The molecule has 0 saturated carbocycles. The molecule has 0 aliphatic carbocycles. The predicted molar refractivity (Wildman–Crippen MR) is 62.3 cm³/mol. The van der Waals surface area contributed by atoms with Crippen molar-refractivity contribution in [2.24, 2.45) is 0 Å². The summed E-state index contributed by atoms with van der Waals surface area (Å²) in [4.78, 5) is 28.4. The number of hydrogen-bond acceptors (Lipinski definition) is 4. The predicted octanol–water partition coefficient (Wildman–Crippen LogP) is 0.377. The van der Waals surface area contributed by atoms with Gasteiger partial charge in [0.05, 0.1) is 17.2 Å². The molecule has 0 radical (unpaired) electrons. The quantitative estimate of drug-likeness (QED) is 0.791. The molecule has 96 valence electrons. The van der Waals surface area contributed by atoms with Crippen molar-refractivity contribution in [1.82, 2.24) is 9.88 Å². The maximum absolute atomic E-state index is 12.2. The van der Waals surface area contributed by atoms with Gasteiger partial charge in [-0.15, -0.1) is 0 Å². The van der Waals surface area contributed by atoms with Crippen molar-refractivity contribution in [2.75, 3.05) is 13.1 Å². The smallest absolute Gasteiger partial charge is 0.338 e. The van der Waals surface area contributed by atoms with Crippen LogP contribution in [-0.4, -0.2) is 51.2 Å². The van der Waals surface area contributed by atoms with Gasteiger partial charge >= 0.3 is 5.97 Å². The van der Waals surface area contributed by atoms with Crippen LogP contribution in [0.2, 0.25) is 0 Å². The van der Waals surface area contributed by atoms with E-state index in [1.54, 1.807) is 0 Å². The first-order chi connectivity index (χ1) is 8.59. The Balaban J connectivity index is 2.25. The van der Waals surface area contributed by atoms with E-state index in [0.29, 0.717) is 13.0 Å². The van der Waals surface area contributed by atoms with Crippen LogP contribution in [0, 0.1) is 0 Å². The number of carbonyl (C=O) groups excluding carboxylic acids is 1. The molecule has 0 spiro atoms. The van der Waals surface area contributed by atoms with E-state index in [0.717, 1.165) is 12.6 Å². The number of aliphatic hydroxyl groups excluding tert-OH is 1. The first kappa shape index (κ1) is 12.5. The number of rotatable bonds is 2. The van der Waals surface area contributed by atoms with Crippen LogP contribution in [0.15, 0.2) is 18.5 Å². The number of hydrogen-bond donors (Lipinski definition) is 2. The lowest BCUT2D eigenvalue weighted by atomic mass is 10.0. The summed E-state index contributed by atoms with van der Waals surface area (Å²) in [5.74, 6) is -1.54. The second-order valence-electron chi connectivity index (χ2n) is 4.27. The van der Waals surface area contributed by atoms with Crippen LogP contribution >= 0.6 is 0 Å². The summed E-state index contributed by atoms with van der Waals surface area (Å²) in [7, 11) is 0. The summed E-state index contributed by atoms with van der Waals surface area (Å²) < 4.78 is 0. The van der Waals surface area contributed by atoms with Crippen LogP contribution in [0.3, 0.4) is 0 Å². The number of aromatic nitrogens is 1. The van der Waals surface area contributed by atoms with Crippen molar-refractivity contribution in [3.63, 3.8) is 0 Å². The van der Waals surface area contributed by atoms with E-state index in [9.17, 15) is 14.7 Å². The molecule has 1 aromatic heterocycles. The van der Waals surface area contributed by atoms with E-state index in [1.807, 2.05) is 0 Å². The zero-order chi connectivity index (χ0) is 13.1. The van der Waals surface area contributed by atoms with E-state index in [-0.39, 0.29) is 23.6 Å². The van der Waals surface area contributed by atoms with Gasteiger partial charge in [0.2, 0.25) is 0 Å². The fraction of sp³-hybridized carbons (Fsp3) is 0.417. The molecular formula is C12H14N2O4. The third-order valence-electron chi connectivity index (χ3n) is 2.97. The minimum absolute atomic E-state index is 0.109. The SMILES string of the molecule is O=C(O)c1cnccc1C(=O)N1CCCC(O)C1. The van der Waals surface area contributed by atoms with Crippen molar-refractivity contribution in [1.29, 1.82) is 0 Å². The minimum Gasteiger partial charge on any atom is -0.478 e. The summed E-state index contributed by atoms with van der Waals surface area (Å²) in [5, 5.41) is 18.5. The third-order valence-corrected chi connectivity index (χ3v) is 2.97. The van der Waals surface area contributed by atoms with Crippen LogP contribution in [-0.2, 0) is 0 Å². The van der Waals surface area contributed by atoms with Gasteiger partial charge in [0.1, 0.15) is 0 Å². The molecule has 2 heterocycles. The van der Waals surface area contributed by atoms with Crippen molar-refractivity contribution < 1.29 is 19.8 Å². The number of β-amino-alcohol motifs (C(OH)–C–C–N with tert-alkyl or cyclic N) is 1. The zero-order valence-corrected chi connectivity index (χ0v) is 9.74. The summed E-state index contributed by atoms with van der Waals surface area (Å²) in [5.41, 5.74) is 0.00848. The van der Waals surface area contributed by atoms with Gasteiger partial charge in [-0.2, -0.15) is 0 Å². The highest BCUT2D eigenvalue weighted by molar-refractivity contribution is 6.04. The molecule has 6 nitrogen and oxygen atoms in total. The summed E-state index contributed by atoms with van der Waals surface area (Å²) >= 11 is 0. The van der Waals surface area contributed by atoms with Gasteiger partial charge in [-0.25, -0.2) is 4.79 Å². The molecule has 1 atom stereocenters. The molecule has 1 aromatic rings. The highest BCUT2D eigenvalue weighted by atomic mass is 16.4. The molecule has 1 aliphatic rings. The largest absolute Gasteiger partial charge is 0.478 e. The van der Waals surface area contributed by atoms with Gasteiger partial charge < -0.3 is 15.1 Å². The van der Waals surface area contributed by atoms with Crippen molar-refractivity contribution in [2.45, 2.75) is 18.9 Å². The Morgan fingerprint density at radius 3 is 2.83 bits per heavy atom. The first-order valence-corrected chi connectivity index (χ1v) is 5.74. The monoisotopic (exact) mass is 250 g/mol. The lowest BCUT2D eigenvalue weighted by molar-refractivity contribution is 0.0468. The number of pyridine rings is 1. The Hall–Kier alpha value is -1.95. The number of piperidine rings is 1. The third kappa shape index (κ3) is 2.48. The Labute approximate surface area is 104 Å². The molecule has 0 aromatic carbocycles. The highest BCUT2D eigenvalue weighted by Gasteiger charge is 2.26. The fourth-order valence-corrected chi connectivity index (χ4v) is 2.06. The van der Waals surface area contributed by atoms with Crippen LogP contribution in [0.4, 0.5) is 0 Å². The highest BCUT2D eigenvalue weighted by Crippen LogP contribution is 2.16. The average Bonchev–Trinajstić information content (AvgIpc) is 2.38. The number of likely N-dealkylation sites (tertiary alicyclic amines) is 1. The normalized spacial score (nSPS) is 19.6. The Morgan fingerprint density at radius 2 is 2.17 bits per heavy atom. The van der Waals surface area contributed by atoms with Crippen molar-refractivity contribution >= 4 is 11.9 Å². The van der Waals surface area contributed by atoms with Crippen LogP contribution in [0.25, 0.3) is 0 Å². The molecular weight excluding hydrogens is 236 g/mol. The first-order valence-electron chi connectivity index (χ1n) is 5.74. The molecule has 6 heteroatoms. The Kier molecular flexibility index (Phi) is 3.57. The minimum atomic E-state index is -1.18. The number of nitrogens with zero attached hydrogens (tertiary/aromatic N) is 2. The van der Waals surface area contributed by atoms with E-state index < -0.39 is 12.1 Å². The van der Waals surface area contributed by atoms with E-state index in [4.69, 9.17) is 5.11 Å². The number of carboxylic acids is 1. The topological polar surface area (TPSA) is 90.7 Å². The molecule has 0 bridgehead atoms. The summed E-state index contributed by atoms with van der Waals surface area (Å²) in [6.07, 6.45) is 3.42. The van der Waals surface area contributed by atoms with E-state index >= 15 is 0 Å². The van der Waals surface area contributed by atoms with Gasteiger partial charge in [-0.05, 0) is 18.9 Å². The Morgan fingerprint density at radius 1 is 1.39 bits per heavy atom. The lowest BCUT2D eigenvalue weighted by Gasteiger charge is -2.30. The van der Waals surface area contributed by atoms with Crippen LogP contribution in [0.5, 0.6) is 0 Å². The van der Waals surface area contributed by atoms with Crippen LogP contribution < -0.4 is 0 Å². The number of aromatic carboxylic acids is 1. The van der Waals surface area contributed by atoms with Crippen molar-refractivity contribution in [3.8, 4) is 0 Å². The molecule has 2 rings (SSSR count). The van der Waals surface area contributed by atoms with Gasteiger partial charge in [0.25, 0.3) is 5.91 Å². The van der Waals surface area contributed by atoms with Gasteiger partial charge in [-0.1, -0.05) is 0 Å². The van der Waals surface area contributed by atoms with Crippen LogP contribution in [0.1, 0.15) is 33.6 Å². The molecule has 1 aliphatic heterocycles. The second-order valence-corrected chi connectivity index (χ2v) is 4.27. The summed E-state index contributed by atoms with van der Waals surface area (Å²) in [6, 6.07) is 1.40. The number of amides is 1. The van der Waals surface area contributed by atoms with Gasteiger partial charge in [0.15, 0.2) is 0 Å².